The van der Waals surface area contributed by atoms with Gasteiger partial charge in [0, 0.05) is 5.56 Å². The van der Waals surface area contributed by atoms with Crippen molar-refractivity contribution < 1.29 is 19.0 Å². The van der Waals surface area contributed by atoms with Crippen LogP contribution in [0.15, 0.2) is 17.3 Å². The second kappa shape index (κ2) is 7.23. The van der Waals surface area contributed by atoms with Crippen molar-refractivity contribution >= 4 is 17.7 Å². The van der Waals surface area contributed by atoms with Gasteiger partial charge in [-0.15, -0.1) is 10.2 Å². The lowest BCUT2D eigenvalue weighted by Gasteiger charge is -2.14. The van der Waals surface area contributed by atoms with Gasteiger partial charge in [-0.25, -0.2) is 4.68 Å². The van der Waals surface area contributed by atoms with Crippen LogP contribution >= 0.6 is 11.8 Å². The molecule has 9 heteroatoms. The maximum Gasteiger partial charge on any atom is 0.270 e. The number of hydrogen-bond acceptors (Lipinski definition) is 7. The number of nitrogens with one attached hydrogen (secondary N) is 1. The molecule has 0 radical (unpaired) electrons. The highest BCUT2D eigenvalue weighted by Crippen LogP contribution is 2.38. The summed E-state index contributed by atoms with van der Waals surface area (Å²) >= 11 is 1.38. The van der Waals surface area contributed by atoms with Gasteiger partial charge >= 0.3 is 0 Å². The summed E-state index contributed by atoms with van der Waals surface area (Å²) in [4.78, 5) is 12.5. The number of methoxy groups -OCH3 is 3. The van der Waals surface area contributed by atoms with Crippen molar-refractivity contribution in [2.45, 2.75) is 12.1 Å². The van der Waals surface area contributed by atoms with Crippen LogP contribution in [0.1, 0.15) is 16.2 Å². The Kier molecular flexibility index (Phi) is 5.32. The number of aryl methyl sites for hydroxylation is 1. The molecule has 0 unspecified atom stereocenters. The van der Waals surface area contributed by atoms with Crippen LogP contribution in [-0.4, -0.2) is 48.4 Å². The van der Waals surface area contributed by atoms with Crippen molar-refractivity contribution in [3.63, 3.8) is 0 Å². The topological polar surface area (TPSA) is 87.5 Å². The van der Waals surface area contributed by atoms with Gasteiger partial charge in [-0.3, -0.25) is 10.2 Å². The minimum Gasteiger partial charge on any atom is -0.493 e. The van der Waals surface area contributed by atoms with Crippen molar-refractivity contribution in [2.75, 3.05) is 33.0 Å². The molecular weight excluding hydrogens is 320 g/mol. The Hall–Kier alpha value is -2.42. The van der Waals surface area contributed by atoms with Crippen LogP contribution in [0.4, 0.5) is 0 Å². The van der Waals surface area contributed by atoms with Crippen molar-refractivity contribution in [1.82, 2.24) is 14.9 Å². The maximum absolute atomic E-state index is 12.5. The molecule has 1 aromatic heterocycles. The predicted molar refractivity (Wildman–Crippen MR) is 86.3 cm³/mol. The summed E-state index contributed by atoms with van der Waals surface area (Å²) in [6.07, 6.45) is 1.85. The van der Waals surface area contributed by atoms with E-state index in [4.69, 9.17) is 14.2 Å². The smallest absolute Gasteiger partial charge is 0.270 e. The molecule has 0 saturated carbocycles. The maximum atomic E-state index is 12.5. The summed E-state index contributed by atoms with van der Waals surface area (Å²) in [5, 5.41) is 8.49. The van der Waals surface area contributed by atoms with Gasteiger partial charge in [0.15, 0.2) is 11.5 Å². The van der Waals surface area contributed by atoms with E-state index in [0.717, 1.165) is 0 Å². The Labute approximate surface area is 138 Å². The SMILES string of the molecule is COc1cc(C(=O)Nn2c(C)nnc2SC)cc(OC)c1OC. The minimum absolute atomic E-state index is 0.345. The molecule has 0 fully saturated rings. The summed E-state index contributed by atoms with van der Waals surface area (Å²) in [6.45, 7) is 1.75. The van der Waals surface area contributed by atoms with E-state index in [1.54, 1.807) is 19.1 Å². The summed E-state index contributed by atoms with van der Waals surface area (Å²) in [6, 6.07) is 3.16. The van der Waals surface area contributed by atoms with Crippen LogP contribution in [0.25, 0.3) is 0 Å². The lowest BCUT2D eigenvalue weighted by Crippen LogP contribution is -2.24. The van der Waals surface area contributed by atoms with Gasteiger partial charge in [0.1, 0.15) is 5.82 Å². The van der Waals surface area contributed by atoms with Gasteiger partial charge in [-0.05, 0) is 25.3 Å². The number of benzene rings is 1. The van der Waals surface area contributed by atoms with Gasteiger partial charge in [-0.1, -0.05) is 11.8 Å². The first-order valence-corrected chi connectivity index (χ1v) is 7.85. The number of nitrogens with zero attached hydrogens (tertiary/aromatic N) is 3. The molecule has 1 N–H and O–H groups in total. The molecule has 23 heavy (non-hydrogen) atoms. The van der Waals surface area contributed by atoms with E-state index in [2.05, 4.69) is 15.6 Å². The molecule has 1 amide bonds. The third-order valence-corrected chi connectivity index (χ3v) is 3.75. The highest BCUT2D eigenvalue weighted by atomic mass is 32.2. The molecule has 0 aliphatic rings. The highest BCUT2D eigenvalue weighted by molar-refractivity contribution is 7.98. The lowest BCUT2D eigenvalue weighted by molar-refractivity contribution is 0.100. The Bertz CT molecular complexity index is 692. The van der Waals surface area contributed by atoms with E-state index >= 15 is 0 Å². The molecule has 124 valence electrons. The van der Waals surface area contributed by atoms with E-state index < -0.39 is 0 Å². The molecule has 1 aromatic carbocycles. The number of thioether (sulfide) groups is 1. The van der Waals surface area contributed by atoms with E-state index in [-0.39, 0.29) is 5.91 Å². The highest BCUT2D eigenvalue weighted by Gasteiger charge is 2.18. The summed E-state index contributed by atoms with van der Waals surface area (Å²) < 4.78 is 17.3. The first-order valence-electron chi connectivity index (χ1n) is 6.63. The molecule has 2 aromatic rings. The molecule has 0 atom stereocenters. The third kappa shape index (κ3) is 3.34. The van der Waals surface area contributed by atoms with Crippen LogP contribution in [-0.2, 0) is 0 Å². The minimum atomic E-state index is -0.345. The van der Waals surface area contributed by atoms with E-state index in [9.17, 15) is 4.79 Å². The van der Waals surface area contributed by atoms with Crippen molar-refractivity contribution in [2.24, 2.45) is 0 Å². The Morgan fingerprint density at radius 1 is 1.13 bits per heavy atom. The zero-order valence-corrected chi connectivity index (χ0v) is 14.4. The fourth-order valence-electron chi connectivity index (χ4n) is 1.98. The van der Waals surface area contributed by atoms with Crippen LogP contribution in [0.5, 0.6) is 17.2 Å². The van der Waals surface area contributed by atoms with E-state index in [1.165, 1.54) is 37.8 Å². The predicted octanol–water partition coefficient (Wildman–Crippen LogP) is 1.72. The monoisotopic (exact) mass is 338 g/mol. The second-order valence-corrected chi connectivity index (χ2v) is 5.20. The number of hydrogen-bond donors (Lipinski definition) is 1. The first kappa shape index (κ1) is 16.9. The standard InChI is InChI=1S/C14H18N4O4S/c1-8-15-16-14(23-5)18(8)17-13(19)9-6-10(20-2)12(22-4)11(7-9)21-3/h6-7H,1-5H3,(H,17,19). The molecule has 0 aliphatic carbocycles. The average molecular weight is 338 g/mol. The molecule has 0 aliphatic heterocycles. The first-order chi connectivity index (χ1) is 11.0. The van der Waals surface area contributed by atoms with E-state index in [1.807, 2.05) is 6.26 Å². The zero-order valence-electron chi connectivity index (χ0n) is 13.5. The zero-order chi connectivity index (χ0) is 17.0. The Balaban J connectivity index is 2.37. The van der Waals surface area contributed by atoms with Gasteiger partial charge in [0.2, 0.25) is 10.9 Å². The van der Waals surface area contributed by atoms with Gasteiger partial charge < -0.3 is 14.2 Å². The average Bonchev–Trinajstić information content (AvgIpc) is 2.93. The largest absolute Gasteiger partial charge is 0.493 e. The number of carbonyl (C=O) groups excluding carboxylic acids is 1. The van der Waals surface area contributed by atoms with Crippen molar-refractivity contribution in [3.8, 4) is 17.2 Å². The van der Waals surface area contributed by atoms with Gasteiger partial charge in [0.05, 0.1) is 21.3 Å². The summed E-state index contributed by atoms with van der Waals surface area (Å²) in [7, 11) is 4.49. The van der Waals surface area contributed by atoms with Crippen LogP contribution in [0.2, 0.25) is 0 Å². The fraction of sp³-hybridized carbons (Fsp3) is 0.357. The molecule has 1 heterocycles. The normalized spacial score (nSPS) is 10.3. The van der Waals surface area contributed by atoms with Gasteiger partial charge in [0.25, 0.3) is 5.91 Å². The molecule has 0 bridgehead atoms. The third-order valence-electron chi connectivity index (χ3n) is 3.12. The summed E-state index contributed by atoms with van der Waals surface area (Å²) in [5.41, 5.74) is 3.11. The van der Waals surface area contributed by atoms with Crippen molar-refractivity contribution in [3.05, 3.63) is 23.5 Å². The summed E-state index contributed by atoms with van der Waals surface area (Å²) in [5.74, 6) is 1.47. The fourth-order valence-corrected chi connectivity index (χ4v) is 2.46. The quantitative estimate of drug-likeness (QED) is 0.802. The molecule has 8 nitrogen and oxygen atoms in total. The molecule has 0 saturated heterocycles. The lowest BCUT2D eigenvalue weighted by atomic mass is 10.1. The second-order valence-electron chi connectivity index (χ2n) is 4.42. The number of ether oxygens (including phenoxy) is 3. The Morgan fingerprint density at radius 2 is 1.74 bits per heavy atom. The number of carbonyl (C=O) groups is 1. The number of aromatic nitrogens is 3. The molecular formula is C14H18N4O4S. The number of amides is 1. The van der Waals surface area contributed by atoms with Gasteiger partial charge in [-0.2, -0.15) is 0 Å². The van der Waals surface area contributed by atoms with E-state index in [0.29, 0.717) is 33.8 Å². The molecule has 0 spiro atoms. The molecule has 2 rings (SSSR count). The Morgan fingerprint density at radius 3 is 2.22 bits per heavy atom. The van der Waals surface area contributed by atoms with Crippen LogP contribution < -0.4 is 19.6 Å². The van der Waals surface area contributed by atoms with Crippen LogP contribution in [0, 0.1) is 6.92 Å². The number of rotatable bonds is 6. The van der Waals surface area contributed by atoms with Crippen LogP contribution in [0.3, 0.4) is 0 Å². The van der Waals surface area contributed by atoms with Crippen molar-refractivity contribution in [1.29, 1.82) is 0 Å².